The second-order valence-corrected chi connectivity index (χ2v) is 4.99. The normalized spacial score (nSPS) is 10.2. The number of hydrogen-bond acceptors (Lipinski definition) is 7. The zero-order chi connectivity index (χ0) is 17.6. The minimum Gasteiger partial charge on any atom is -0.465 e. The number of methoxy groups -OCH3 is 1. The fraction of sp³-hybridized carbons (Fsp3) is 0.0588. The fourth-order valence-electron chi connectivity index (χ4n) is 2.07. The Labute approximate surface area is 142 Å². The van der Waals surface area contributed by atoms with E-state index in [4.69, 9.17) is 0 Å². The average molecular weight is 339 g/mol. The van der Waals surface area contributed by atoms with Crippen LogP contribution in [0.4, 0.5) is 27.5 Å². The van der Waals surface area contributed by atoms with Crippen LogP contribution in [0.1, 0.15) is 10.4 Å². The number of carbonyl (C=O) groups excluding carboxylic acids is 1. The van der Waals surface area contributed by atoms with E-state index in [9.17, 15) is 9.18 Å². The smallest absolute Gasteiger partial charge is 0.337 e. The third-order valence-corrected chi connectivity index (χ3v) is 3.22. The summed E-state index contributed by atoms with van der Waals surface area (Å²) in [7, 11) is 1.32. The van der Waals surface area contributed by atoms with E-state index in [2.05, 4.69) is 30.6 Å². The van der Waals surface area contributed by atoms with Gasteiger partial charge in [0, 0.05) is 11.4 Å². The zero-order valence-electron chi connectivity index (χ0n) is 13.2. The van der Waals surface area contributed by atoms with Crippen LogP contribution in [-0.2, 0) is 4.74 Å². The quantitative estimate of drug-likeness (QED) is 0.690. The maximum atomic E-state index is 12.9. The van der Waals surface area contributed by atoms with Crippen molar-refractivity contribution in [1.82, 2.24) is 15.2 Å². The summed E-state index contributed by atoms with van der Waals surface area (Å²) in [6.45, 7) is 0. The summed E-state index contributed by atoms with van der Waals surface area (Å²) < 4.78 is 17.6. The van der Waals surface area contributed by atoms with Gasteiger partial charge in [-0.2, -0.15) is 10.1 Å². The average Bonchev–Trinajstić information content (AvgIpc) is 2.63. The highest BCUT2D eigenvalue weighted by Gasteiger charge is 2.07. The number of nitrogens with zero attached hydrogens (tertiary/aromatic N) is 3. The number of anilines is 4. The van der Waals surface area contributed by atoms with Crippen LogP contribution in [0.2, 0.25) is 0 Å². The topological polar surface area (TPSA) is 89.0 Å². The van der Waals surface area contributed by atoms with E-state index in [1.54, 1.807) is 36.4 Å². The molecule has 2 N–H and O–H groups in total. The molecule has 0 saturated carbocycles. The van der Waals surface area contributed by atoms with Crippen LogP contribution < -0.4 is 10.6 Å². The van der Waals surface area contributed by atoms with Crippen LogP contribution in [-0.4, -0.2) is 28.3 Å². The first-order valence-electron chi connectivity index (χ1n) is 7.32. The molecule has 0 fully saturated rings. The Bertz CT molecular complexity index is 886. The first-order chi connectivity index (χ1) is 12.1. The summed E-state index contributed by atoms with van der Waals surface area (Å²) in [5.41, 5.74) is 1.69. The minimum atomic E-state index is -0.436. The highest BCUT2D eigenvalue weighted by molar-refractivity contribution is 5.90. The molecular weight excluding hydrogens is 325 g/mol. The molecule has 0 radical (unpaired) electrons. The van der Waals surface area contributed by atoms with Gasteiger partial charge in [-0.25, -0.2) is 9.18 Å². The number of ether oxygens (including phenoxy) is 1. The molecule has 1 aromatic heterocycles. The van der Waals surface area contributed by atoms with Crippen molar-refractivity contribution in [2.45, 2.75) is 0 Å². The summed E-state index contributed by atoms with van der Waals surface area (Å²) >= 11 is 0. The standard InChI is InChI=1S/C17H14FN5O2/c1-25-16(24)11-3-2-4-14(9-11)21-17-22-15(10-19-23-17)20-13-7-5-12(18)6-8-13/h2-10H,1H3,(H2,20,21,22,23). The van der Waals surface area contributed by atoms with Gasteiger partial charge in [-0.15, -0.1) is 5.10 Å². The Balaban J connectivity index is 1.75. The molecule has 0 bridgehead atoms. The number of hydrogen-bond donors (Lipinski definition) is 2. The molecule has 0 amide bonds. The third-order valence-electron chi connectivity index (χ3n) is 3.22. The number of benzene rings is 2. The van der Waals surface area contributed by atoms with Crippen molar-refractivity contribution in [3.63, 3.8) is 0 Å². The molecule has 8 heteroatoms. The Kier molecular flexibility index (Phi) is 4.79. The molecule has 0 unspecified atom stereocenters. The first-order valence-corrected chi connectivity index (χ1v) is 7.32. The molecule has 25 heavy (non-hydrogen) atoms. The van der Waals surface area contributed by atoms with Crippen LogP contribution >= 0.6 is 0 Å². The summed E-state index contributed by atoms with van der Waals surface area (Å²) in [5, 5.41) is 13.7. The molecular formula is C17H14FN5O2. The van der Waals surface area contributed by atoms with Crippen molar-refractivity contribution in [3.8, 4) is 0 Å². The van der Waals surface area contributed by atoms with Gasteiger partial charge >= 0.3 is 5.97 Å². The fourth-order valence-corrected chi connectivity index (χ4v) is 2.07. The lowest BCUT2D eigenvalue weighted by Crippen LogP contribution is -2.04. The SMILES string of the molecule is COC(=O)c1cccc(Nc2nncc(Nc3ccc(F)cc3)n2)c1. The second-order valence-electron chi connectivity index (χ2n) is 4.99. The second kappa shape index (κ2) is 7.35. The molecule has 0 saturated heterocycles. The van der Waals surface area contributed by atoms with E-state index in [0.717, 1.165) is 0 Å². The monoisotopic (exact) mass is 339 g/mol. The Morgan fingerprint density at radius 3 is 2.64 bits per heavy atom. The Morgan fingerprint density at radius 1 is 1.08 bits per heavy atom. The van der Waals surface area contributed by atoms with Gasteiger partial charge in [0.25, 0.3) is 0 Å². The number of carbonyl (C=O) groups is 1. The Morgan fingerprint density at radius 2 is 1.88 bits per heavy atom. The van der Waals surface area contributed by atoms with Gasteiger partial charge in [-0.3, -0.25) is 0 Å². The summed E-state index contributed by atoms with van der Waals surface area (Å²) in [4.78, 5) is 15.8. The molecule has 0 spiro atoms. The van der Waals surface area contributed by atoms with Crippen molar-refractivity contribution >= 4 is 29.1 Å². The molecule has 0 atom stereocenters. The van der Waals surface area contributed by atoms with Crippen molar-refractivity contribution < 1.29 is 13.9 Å². The predicted molar refractivity (Wildman–Crippen MR) is 90.6 cm³/mol. The number of halogens is 1. The van der Waals surface area contributed by atoms with E-state index < -0.39 is 5.97 Å². The molecule has 1 heterocycles. The molecule has 126 valence electrons. The van der Waals surface area contributed by atoms with E-state index >= 15 is 0 Å². The lowest BCUT2D eigenvalue weighted by molar-refractivity contribution is 0.0601. The Hall–Kier alpha value is -3.55. The minimum absolute atomic E-state index is 0.245. The lowest BCUT2D eigenvalue weighted by Gasteiger charge is -2.08. The van der Waals surface area contributed by atoms with Gasteiger partial charge in [0.05, 0.1) is 18.9 Å². The molecule has 7 nitrogen and oxygen atoms in total. The maximum Gasteiger partial charge on any atom is 0.337 e. The van der Waals surface area contributed by atoms with Crippen LogP contribution in [0.3, 0.4) is 0 Å². The van der Waals surface area contributed by atoms with E-state index in [1.807, 2.05) is 0 Å². The molecule has 3 rings (SSSR count). The largest absolute Gasteiger partial charge is 0.465 e. The number of rotatable bonds is 5. The number of nitrogens with one attached hydrogen (secondary N) is 2. The van der Waals surface area contributed by atoms with Crippen LogP contribution in [0.25, 0.3) is 0 Å². The van der Waals surface area contributed by atoms with Gasteiger partial charge in [-0.1, -0.05) is 6.07 Å². The molecule has 0 aliphatic heterocycles. The van der Waals surface area contributed by atoms with Crippen molar-refractivity contribution in [1.29, 1.82) is 0 Å². The van der Waals surface area contributed by atoms with Gasteiger partial charge in [0.15, 0.2) is 5.82 Å². The van der Waals surface area contributed by atoms with Gasteiger partial charge in [0.2, 0.25) is 5.95 Å². The zero-order valence-corrected chi connectivity index (χ0v) is 13.2. The van der Waals surface area contributed by atoms with Crippen molar-refractivity contribution in [2.75, 3.05) is 17.7 Å². The van der Waals surface area contributed by atoms with Gasteiger partial charge in [0.1, 0.15) is 5.82 Å². The number of esters is 1. The first kappa shape index (κ1) is 16.3. The molecule has 3 aromatic rings. The predicted octanol–water partition coefficient (Wildman–Crippen LogP) is 3.28. The van der Waals surface area contributed by atoms with E-state index in [-0.39, 0.29) is 11.8 Å². The molecule has 2 aromatic carbocycles. The van der Waals surface area contributed by atoms with Crippen LogP contribution in [0, 0.1) is 5.82 Å². The van der Waals surface area contributed by atoms with Crippen molar-refractivity contribution in [3.05, 3.63) is 66.1 Å². The summed E-state index contributed by atoms with van der Waals surface area (Å²) in [5.74, 6) is -0.0732. The van der Waals surface area contributed by atoms with E-state index in [0.29, 0.717) is 22.8 Å². The summed E-state index contributed by atoms with van der Waals surface area (Å²) in [6, 6.07) is 12.6. The maximum absolute atomic E-state index is 12.9. The molecule has 0 aliphatic carbocycles. The van der Waals surface area contributed by atoms with Crippen LogP contribution in [0.15, 0.2) is 54.7 Å². The third kappa shape index (κ3) is 4.25. The molecule has 0 aliphatic rings. The summed E-state index contributed by atoms with van der Waals surface area (Å²) in [6.07, 6.45) is 1.44. The van der Waals surface area contributed by atoms with Gasteiger partial charge < -0.3 is 15.4 Å². The van der Waals surface area contributed by atoms with Gasteiger partial charge in [-0.05, 0) is 42.5 Å². The number of aromatic nitrogens is 3. The van der Waals surface area contributed by atoms with E-state index in [1.165, 1.54) is 25.4 Å². The highest BCUT2D eigenvalue weighted by Crippen LogP contribution is 2.18. The highest BCUT2D eigenvalue weighted by atomic mass is 19.1. The van der Waals surface area contributed by atoms with Crippen LogP contribution in [0.5, 0.6) is 0 Å². The van der Waals surface area contributed by atoms with Crippen molar-refractivity contribution in [2.24, 2.45) is 0 Å². The lowest BCUT2D eigenvalue weighted by atomic mass is 10.2.